The summed E-state index contributed by atoms with van der Waals surface area (Å²) in [5.41, 5.74) is -1.25. The average molecular weight is 237 g/mol. The third-order valence-electron chi connectivity index (χ3n) is 2.78. The van der Waals surface area contributed by atoms with Gasteiger partial charge < -0.3 is 5.11 Å². The van der Waals surface area contributed by atoms with Crippen molar-refractivity contribution in [2.75, 3.05) is 6.54 Å². The predicted octanol–water partition coefficient (Wildman–Crippen LogP) is 2.29. The molecular formula is C13H16FNO2. The molecule has 0 aliphatic carbocycles. The maximum absolute atomic E-state index is 13.7. The average Bonchev–Trinajstić information content (AvgIpc) is 2.32. The molecule has 1 unspecified atom stereocenters. The van der Waals surface area contributed by atoms with Crippen LogP contribution >= 0.6 is 0 Å². The van der Waals surface area contributed by atoms with Crippen LogP contribution in [0, 0.1) is 5.82 Å². The molecule has 2 N–H and O–H groups in total. The minimum Gasteiger partial charge on any atom is -0.480 e. The van der Waals surface area contributed by atoms with Crippen LogP contribution in [0.2, 0.25) is 0 Å². The van der Waals surface area contributed by atoms with Crippen molar-refractivity contribution >= 4 is 5.97 Å². The number of nitrogens with one attached hydrogen (secondary N) is 1. The highest BCUT2D eigenvalue weighted by Crippen LogP contribution is 2.27. The molecule has 0 aliphatic heterocycles. The largest absolute Gasteiger partial charge is 0.480 e. The number of carboxylic acid groups (broad SMARTS) is 1. The number of benzene rings is 1. The molecular weight excluding hydrogens is 221 g/mol. The Hall–Kier alpha value is -1.68. The SMILES string of the molecule is C=CCNC(CC)(C(=O)O)c1ccccc1F. The highest BCUT2D eigenvalue weighted by Gasteiger charge is 2.39. The van der Waals surface area contributed by atoms with Crippen molar-refractivity contribution < 1.29 is 14.3 Å². The van der Waals surface area contributed by atoms with Crippen LogP contribution in [-0.2, 0) is 10.3 Å². The predicted molar refractivity (Wildman–Crippen MR) is 64.2 cm³/mol. The number of carbonyl (C=O) groups is 1. The van der Waals surface area contributed by atoms with E-state index in [-0.39, 0.29) is 12.0 Å². The van der Waals surface area contributed by atoms with Crippen LogP contribution in [0.5, 0.6) is 0 Å². The molecule has 1 rings (SSSR count). The van der Waals surface area contributed by atoms with Crippen molar-refractivity contribution in [2.45, 2.75) is 18.9 Å². The minimum absolute atomic E-state index is 0.150. The molecule has 0 bridgehead atoms. The summed E-state index contributed by atoms with van der Waals surface area (Å²) in [5.74, 6) is -1.61. The number of aliphatic carboxylic acids is 1. The van der Waals surface area contributed by atoms with E-state index in [1.165, 1.54) is 18.2 Å². The molecule has 0 radical (unpaired) electrons. The molecule has 17 heavy (non-hydrogen) atoms. The summed E-state index contributed by atoms with van der Waals surface area (Å²) >= 11 is 0. The van der Waals surface area contributed by atoms with Gasteiger partial charge in [0.1, 0.15) is 11.4 Å². The first-order valence-corrected chi connectivity index (χ1v) is 5.42. The maximum Gasteiger partial charge on any atom is 0.328 e. The fourth-order valence-corrected chi connectivity index (χ4v) is 1.81. The van der Waals surface area contributed by atoms with Crippen LogP contribution in [0.4, 0.5) is 4.39 Å². The summed E-state index contributed by atoms with van der Waals surface area (Å²) in [4.78, 5) is 11.4. The van der Waals surface area contributed by atoms with Gasteiger partial charge in [-0.1, -0.05) is 31.2 Å². The van der Waals surface area contributed by atoms with Gasteiger partial charge in [0.2, 0.25) is 0 Å². The lowest BCUT2D eigenvalue weighted by molar-refractivity contribution is -0.145. The van der Waals surface area contributed by atoms with E-state index in [9.17, 15) is 14.3 Å². The van der Waals surface area contributed by atoms with Crippen LogP contribution < -0.4 is 5.32 Å². The van der Waals surface area contributed by atoms with E-state index in [2.05, 4.69) is 11.9 Å². The summed E-state index contributed by atoms with van der Waals surface area (Å²) in [7, 11) is 0. The lowest BCUT2D eigenvalue weighted by Gasteiger charge is -2.29. The fourth-order valence-electron chi connectivity index (χ4n) is 1.81. The molecule has 4 heteroatoms. The Balaban J connectivity index is 3.26. The zero-order chi connectivity index (χ0) is 12.9. The first-order valence-electron chi connectivity index (χ1n) is 5.42. The highest BCUT2D eigenvalue weighted by molar-refractivity contribution is 5.80. The molecule has 0 amide bonds. The lowest BCUT2D eigenvalue weighted by Crippen LogP contribution is -2.49. The van der Waals surface area contributed by atoms with Gasteiger partial charge in [-0.3, -0.25) is 5.32 Å². The van der Waals surface area contributed by atoms with E-state index in [1.54, 1.807) is 19.1 Å². The standard InChI is InChI=1S/C13H16FNO2/c1-3-9-15-13(4-2,12(16)17)10-7-5-6-8-11(10)14/h3,5-8,15H,1,4,9H2,2H3,(H,16,17). The minimum atomic E-state index is -1.40. The zero-order valence-corrected chi connectivity index (χ0v) is 9.74. The van der Waals surface area contributed by atoms with E-state index >= 15 is 0 Å². The Morgan fingerprint density at radius 2 is 2.24 bits per heavy atom. The van der Waals surface area contributed by atoms with Crippen molar-refractivity contribution in [1.82, 2.24) is 5.32 Å². The lowest BCUT2D eigenvalue weighted by atomic mass is 9.86. The van der Waals surface area contributed by atoms with E-state index in [1.807, 2.05) is 0 Å². The third-order valence-corrected chi connectivity index (χ3v) is 2.78. The molecule has 3 nitrogen and oxygen atoms in total. The van der Waals surface area contributed by atoms with Gasteiger partial charge in [0.25, 0.3) is 0 Å². The molecule has 1 aromatic carbocycles. The topological polar surface area (TPSA) is 49.3 Å². The monoisotopic (exact) mass is 237 g/mol. The summed E-state index contributed by atoms with van der Waals surface area (Å²) in [5, 5.41) is 12.2. The Kier molecular flexibility index (Phi) is 4.40. The van der Waals surface area contributed by atoms with Gasteiger partial charge >= 0.3 is 5.97 Å². The summed E-state index contributed by atoms with van der Waals surface area (Å²) in [6.45, 7) is 5.53. The van der Waals surface area contributed by atoms with E-state index in [0.717, 1.165) is 0 Å². The number of carboxylic acids is 1. The smallest absolute Gasteiger partial charge is 0.328 e. The second-order valence-electron chi connectivity index (χ2n) is 3.71. The first kappa shape index (κ1) is 13.4. The van der Waals surface area contributed by atoms with E-state index < -0.39 is 17.3 Å². The number of hydrogen-bond donors (Lipinski definition) is 2. The molecule has 92 valence electrons. The third kappa shape index (κ3) is 2.53. The Morgan fingerprint density at radius 3 is 2.71 bits per heavy atom. The van der Waals surface area contributed by atoms with Crippen LogP contribution in [-0.4, -0.2) is 17.6 Å². The summed E-state index contributed by atoms with van der Waals surface area (Å²) in [6.07, 6.45) is 1.80. The van der Waals surface area contributed by atoms with Crippen molar-refractivity contribution in [2.24, 2.45) is 0 Å². The van der Waals surface area contributed by atoms with Gasteiger partial charge in [-0.2, -0.15) is 0 Å². The van der Waals surface area contributed by atoms with Crippen LogP contribution in [0.3, 0.4) is 0 Å². The van der Waals surface area contributed by atoms with Gasteiger partial charge in [-0.05, 0) is 12.5 Å². The second kappa shape index (κ2) is 5.59. The van der Waals surface area contributed by atoms with Gasteiger partial charge in [0, 0.05) is 12.1 Å². The molecule has 1 aromatic rings. The fraction of sp³-hybridized carbons (Fsp3) is 0.308. The Labute approximate surface area is 100.0 Å². The van der Waals surface area contributed by atoms with Crippen LogP contribution in [0.1, 0.15) is 18.9 Å². The van der Waals surface area contributed by atoms with Crippen molar-refractivity contribution in [3.8, 4) is 0 Å². The molecule has 1 atom stereocenters. The van der Waals surface area contributed by atoms with E-state index in [0.29, 0.717) is 6.54 Å². The maximum atomic E-state index is 13.7. The van der Waals surface area contributed by atoms with Crippen LogP contribution in [0.15, 0.2) is 36.9 Å². The van der Waals surface area contributed by atoms with Crippen LogP contribution in [0.25, 0.3) is 0 Å². The van der Waals surface area contributed by atoms with Crippen molar-refractivity contribution in [3.05, 3.63) is 48.3 Å². The number of hydrogen-bond acceptors (Lipinski definition) is 2. The summed E-state index contributed by atoms with van der Waals surface area (Å²) in [6, 6.07) is 5.91. The van der Waals surface area contributed by atoms with Gasteiger partial charge in [0.15, 0.2) is 0 Å². The van der Waals surface area contributed by atoms with Gasteiger partial charge in [-0.15, -0.1) is 6.58 Å². The highest BCUT2D eigenvalue weighted by atomic mass is 19.1. The molecule has 0 fully saturated rings. The molecule has 0 aliphatic rings. The normalized spacial score (nSPS) is 14.0. The van der Waals surface area contributed by atoms with Crippen molar-refractivity contribution in [1.29, 1.82) is 0 Å². The second-order valence-corrected chi connectivity index (χ2v) is 3.71. The Morgan fingerprint density at radius 1 is 1.59 bits per heavy atom. The zero-order valence-electron chi connectivity index (χ0n) is 9.74. The van der Waals surface area contributed by atoms with Gasteiger partial charge in [-0.25, -0.2) is 9.18 Å². The molecule has 0 saturated heterocycles. The molecule has 0 spiro atoms. The molecule has 0 saturated carbocycles. The number of halogens is 1. The molecule has 0 aromatic heterocycles. The first-order chi connectivity index (χ1) is 8.08. The van der Waals surface area contributed by atoms with Gasteiger partial charge in [0.05, 0.1) is 0 Å². The number of rotatable bonds is 6. The Bertz CT molecular complexity index is 420. The quantitative estimate of drug-likeness (QED) is 0.746. The summed E-state index contributed by atoms with van der Waals surface area (Å²) < 4.78 is 13.7. The van der Waals surface area contributed by atoms with Crippen molar-refractivity contribution in [3.63, 3.8) is 0 Å². The molecule has 0 heterocycles. The van der Waals surface area contributed by atoms with E-state index in [4.69, 9.17) is 0 Å².